The van der Waals surface area contributed by atoms with Crippen molar-refractivity contribution in [3.8, 4) is 0 Å². The minimum Gasteiger partial charge on any atom is -0.364 e. The molecule has 1 saturated heterocycles. The third kappa shape index (κ3) is 2.30. The Morgan fingerprint density at radius 1 is 1.24 bits per heavy atom. The standard InChI is InChI=1S/C11H15N3O3/c1-8-10(7-17-12-8)11(16)14-5-3-13(4-6-14)9(2)15/h7H,3-6H2,1-2H3. The van der Waals surface area contributed by atoms with Gasteiger partial charge in [0.1, 0.15) is 11.8 Å². The molecule has 92 valence electrons. The molecule has 1 aliphatic heterocycles. The van der Waals surface area contributed by atoms with Crippen molar-refractivity contribution < 1.29 is 14.1 Å². The number of rotatable bonds is 1. The van der Waals surface area contributed by atoms with Crippen LogP contribution in [-0.4, -0.2) is 52.9 Å². The van der Waals surface area contributed by atoms with Crippen LogP contribution in [0.3, 0.4) is 0 Å². The lowest BCUT2D eigenvalue weighted by molar-refractivity contribution is -0.130. The van der Waals surface area contributed by atoms with Gasteiger partial charge in [0, 0.05) is 33.1 Å². The Kier molecular flexibility index (Phi) is 3.12. The highest BCUT2D eigenvalue weighted by Gasteiger charge is 2.25. The maximum atomic E-state index is 12.1. The van der Waals surface area contributed by atoms with E-state index < -0.39 is 0 Å². The molecular weight excluding hydrogens is 222 g/mol. The number of carbonyl (C=O) groups excluding carboxylic acids is 2. The van der Waals surface area contributed by atoms with Crippen molar-refractivity contribution in [3.05, 3.63) is 17.5 Å². The third-order valence-electron chi connectivity index (χ3n) is 2.99. The number of carbonyl (C=O) groups is 2. The highest BCUT2D eigenvalue weighted by Crippen LogP contribution is 2.11. The first-order chi connectivity index (χ1) is 8.09. The van der Waals surface area contributed by atoms with Gasteiger partial charge in [0.25, 0.3) is 5.91 Å². The average molecular weight is 237 g/mol. The molecule has 0 radical (unpaired) electrons. The number of aryl methyl sites for hydroxylation is 1. The zero-order valence-corrected chi connectivity index (χ0v) is 9.97. The molecule has 1 aromatic rings. The molecule has 1 fully saturated rings. The molecule has 0 atom stereocenters. The van der Waals surface area contributed by atoms with Gasteiger partial charge in [-0.25, -0.2) is 0 Å². The number of aromatic nitrogens is 1. The van der Waals surface area contributed by atoms with E-state index in [1.165, 1.54) is 6.26 Å². The van der Waals surface area contributed by atoms with Gasteiger partial charge in [-0.15, -0.1) is 0 Å². The smallest absolute Gasteiger partial charge is 0.259 e. The predicted octanol–water partition coefficient (Wildman–Crippen LogP) is 0.287. The molecule has 1 aromatic heterocycles. The van der Waals surface area contributed by atoms with Crippen molar-refractivity contribution in [1.82, 2.24) is 15.0 Å². The van der Waals surface area contributed by atoms with Gasteiger partial charge in [-0.05, 0) is 6.92 Å². The lowest BCUT2D eigenvalue weighted by Crippen LogP contribution is -2.50. The number of piperazine rings is 1. The fraction of sp³-hybridized carbons (Fsp3) is 0.545. The molecule has 0 aliphatic carbocycles. The summed E-state index contributed by atoms with van der Waals surface area (Å²) in [5.74, 6) is -0.0230. The summed E-state index contributed by atoms with van der Waals surface area (Å²) < 4.78 is 4.75. The van der Waals surface area contributed by atoms with E-state index in [2.05, 4.69) is 5.16 Å². The van der Waals surface area contributed by atoms with Crippen molar-refractivity contribution in [2.75, 3.05) is 26.2 Å². The van der Waals surface area contributed by atoms with E-state index >= 15 is 0 Å². The van der Waals surface area contributed by atoms with Crippen LogP contribution >= 0.6 is 0 Å². The lowest BCUT2D eigenvalue weighted by atomic mass is 10.2. The van der Waals surface area contributed by atoms with Gasteiger partial charge in [0.05, 0.1) is 5.69 Å². The van der Waals surface area contributed by atoms with E-state index in [-0.39, 0.29) is 11.8 Å². The van der Waals surface area contributed by atoms with Crippen LogP contribution in [0.1, 0.15) is 23.0 Å². The van der Waals surface area contributed by atoms with E-state index in [4.69, 9.17) is 4.52 Å². The first-order valence-corrected chi connectivity index (χ1v) is 5.55. The van der Waals surface area contributed by atoms with Gasteiger partial charge < -0.3 is 14.3 Å². The van der Waals surface area contributed by atoms with Crippen LogP contribution in [0.2, 0.25) is 0 Å². The molecule has 6 nitrogen and oxygen atoms in total. The van der Waals surface area contributed by atoms with Gasteiger partial charge in [-0.1, -0.05) is 5.16 Å². The summed E-state index contributed by atoms with van der Waals surface area (Å²) in [5, 5.41) is 3.69. The molecule has 1 aliphatic rings. The van der Waals surface area contributed by atoms with Gasteiger partial charge in [0.2, 0.25) is 5.91 Å². The molecular formula is C11H15N3O3. The Labute approximate surface area is 99.2 Å². The summed E-state index contributed by atoms with van der Waals surface area (Å²) in [6.07, 6.45) is 1.37. The Hall–Kier alpha value is -1.85. The van der Waals surface area contributed by atoms with Crippen molar-refractivity contribution in [1.29, 1.82) is 0 Å². The molecule has 0 bridgehead atoms. The second-order valence-corrected chi connectivity index (χ2v) is 4.11. The van der Waals surface area contributed by atoms with E-state index in [0.29, 0.717) is 37.4 Å². The summed E-state index contributed by atoms with van der Waals surface area (Å²) in [6, 6.07) is 0. The fourth-order valence-corrected chi connectivity index (χ4v) is 1.89. The van der Waals surface area contributed by atoms with Crippen LogP contribution in [-0.2, 0) is 4.79 Å². The summed E-state index contributed by atoms with van der Waals surface area (Å²) in [4.78, 5) is 26.7. The maximum Gasteiger partial charge on any atom is 0.259 e. The van der Waals surface area contributed by atoms with Crippen molar-refractivity contribution in [2.24, 2.45) is 0 Å². The number of hydrogen-bond donors (Lipinski definition) is 0. The van der Waals surface area contributed by atoms with Crippen LogP contribution in [0.5, 0.6) is 0 Å². The van der Waals surface area contributed by atoms with Crippen LogP contribution in [0.15, 0.2) is 10.8 Å². The maximum absolute atomic E-state index is 12.1. The van der Waals surface area contributed by atoms with E-state index in [9.17, 15) is 9.59 Å². The SMILES string of the molecule is CC(=O)N1CCN(C(=O)c2conc2C)CC1. The van der Waals surface area contributed by atoms with E-state index in [1.807, 2.05) is 0 Å². The molecule has 0 unspecified atom stereocenters. The van der Waals surface area contributed by atoms with Crippen molar-refractivity contribution >= 4 is 11.8 Å². The van der Waals surface area contributed by atoms with Crippen molar-refractivity contribution in [3.63, 3.8) is 0 Å². The molecule has 2 amide bonds. The van der Waals surface area contributed by atoms with Gasteiger partial charge in [-0.3, -0.25) is 9.59 Å². The fourth-order valence-electron chi connectivity index (χ4n) is 1.89. The highest BCUT2D eigenvalue weighted by molar-refractivity contribution is 5.95. The molecule has 0 aromatic carbocycles. The molecule has 2 heterocycles. The summed E-state index contributed by atoms with van der Waals surface area (Å²) in [7, 11) is 0. The highest BCUT2D eigenvalue weighted by atomic mass is 16.5. The minimum atomic E-state index is -0.0769. The number of amides is 2. The quantitative estimate of drug-likeness (QED) is 0.704. The molecule has 6 heteroatoms. The Morgan fingerprint density at radius 2 is 1.82 bits per heavy atom. The Bertz CT molecular complexity index is 433. The van der Waals surface area contributed by atoms with E-state index in [0.717, 1.165) is 0 Å². The average Bonchev–Trinajstić information content (AvgIpc) is 2.74. The topological polar surface area (TPSA) is 66.7 Å². The van der Waals surface area contributed by atoms with Crippen molar-refractivity contribution in [2.45, 2.75) is 13.8 Å². The van der Waals surface area contributed by atoms with Gasteiger partial charge in [0.15, 0.2) is 0 Å². The Morgan fingerprint density at radius 3 is 2.29 bits per heavy atom. The van der Waals surface area contributed by atoms with Crippen LogP contribution in [0.4, 0.5) is 0 Å². The lowest BCUT2D eigenvalue weighted by Gasteiger charge is -2.34. The van der Waals surface area contributed by atoms with Gasteiger partial charge >= 0.3 is 0 Å². The second kappa shape index (κ2) is 4.57. The molecule has 17 heavy (non-hydrogen) atoms. The van der Waals surface area contributed by atoms with Crippen LogP contribution in [0.25, 0.3) is 0 Å². The largest absolute Gasteiger partial charge is 0.364 e. The molecule has 0 N–H and O–H groups in total. The molecule has 0 spiro atoms. The zero-order valence-electron chi connectivity index (χ0n) is 9.97. The van der Waals surface area contributed by atoms with Crippen LogP contribution < -0.4 is 0 Å². The first-order valence-electron chi connectivity index (χ1n) is 5.55. The predicted molar refractivity (Wildman–Crippen MR) is 59.4 cm³/mol. The zero-order chi connectivity index (χ0) is 12.4. The van der Waals surface area contributed by atoms with E-state index in [1.54, 1.807) is 23.6 Å². The molecule has 0 saturated carbocycles. The monoisotopic (exact) mass is 237 g/mol. The summed E-state index contributed by atoms with van der Waals surface area (Å²) in [5.41, 5.74) is 1.10. The Balaban J connectivity index is 2.00. The summed E-state index contributed by atoms with van der Waals surface area (Å²) in [6.45, 7) is 5.58. The minimum absolute atomic E-state index is 0.0539. The number of nitrogens with zero attached hydrogens (tertiary/aromatic N) is 3. The molecule has 2 rings (SSSR count). The third-order valence-corrected chi connectivity index (χ3v) is 2.99. The number of hydrogen-bond acceptors (Lipinski definition) is 4. The second-order valence-electron chi connectivity index (χ2n) is 4.11. The first kappa shape index (κ1) is 11.6. The van der Waals surface area contributed by atoms with Crippen LogP contribution in [0, 0.1) is 6.92 Å². The summed E-state index contributed by atoms with van der Waals surface area (Å²) >= 11 is 0. The van der Waals surface area contributed by atoms with Gasteiger partial charge in [-0.2, -0.15) is 0 Å². The normalized spacial score (nSPS) is 16.1.